The summed E-state index contributed by atoms with van der Waals surface area (Å²) in [5.74, 6) is 0.608. The molecule has 0 heterocycles. The number of hydrogen-bond acceptors (Lipinski definition) is 1. The van der Waals surface area contributed by atoms with Gasteiger partial charge in [0.2, 0.25) is 0 Å². The van der Waals surface area contributed by atoms with Crippen molar-refractivity contribution in [2.24, 2.45) is 0 Å². The van der Waals surface area contributed by atoms with E-state index in [4.69, 9.17) is 11.6 Å². The highest BCUT2D eigenvalue weighted by Gasteiger charge is 2.39. The molecule has 1 fully saturated rings. The number of rotatable bonds is 4. The van der Waals surface area contributed by atoms with Crippen LogP contribution in [0.25, 0.3) is 0 Å². The molecule has 34 heavy (non-hydrogen) atoms. The molecule has 0 spiro atoms. The quantitative estimate of drug-likeness (QED) is 0.283. The van der Waals surface area contributed by atoms with Gasteiger partial charge in [0.05, 0.1) is 6.66 Å². The van der Waals surface area contributed by atoms with Crippen LogP contribution in [0.1, 0.15) is 43.6 Å². The highest BCUT2D eigenvalue weighted by atomic mass is 35.5. The SMILES string of the molecule is C[P+](c1ccccc1)(c1ccccc1)c1ccccc1.[O-]c1ccc(Cl)cc1C1CCCCC1. The largest absolute Gasteiger partial charge is 0.872 e. The summed E-state index contributed by atoms with van der Waals surface area (Å²) in [6, 6.07) is 37.8. The molecule has 1 aliphatic carbocycles. The fraction of sp³-hybridized carbons (Fsp3) is 0.226. The molecule has 0 aromatic heterocycles. The van der Waals surface area contributed by atoms with Gasteiger partial charge in [0.15, 0.2) is 0 Å². The van der Waals surface area contributed by atoms with E-state index in [1.807, 2.05) is 6.07 Å². The summed E-state index contributed by atoms with van der Waals surface area (Å²) in [5, 5.41) is 16.6. The molecule has 0 N–H and O–H groups in total. The third kappa shape index (κ3) is 5.72. The maximum Gasteiger partial charge on any atom is 0.109 e. The Bertz CT molecular complexity index is 1060. The monoisotopic (exact) mass is 486 g/mol. The van der Waals surface area contributed by atoms with Crippen LogP contribution in [-0.2, 0) is 0 Å². The molecule has 0 amide bonds. The number of benzene rings is 4. The van der Waals surface area contributed by atoms with E-state index in [9.17, 15) is 5.11 Å². The second kappa shape index (κ2) is 11.7. The highest BCUT2D eigenvalue weighted by molar-refractivity contribution is 7.95. The van der Waals surface area contributed by atoms with Gasteiger partial charge in [-0.3, -0.25) is 0 Å². The van der Waals surface area contributed by atoms with Gasteiger partial charge in [-0.2, -0.15) is 0 Å². The zero-order valence-corrected chi connectivity index (χ0v) is 21.4. The van der Waals surface area contributed by atoms with Gasteiger partial charge >= 0.3 is 0 Å². The van der Waals surface area contributed by atoms with E-state index in [0.717, 1.165) is 18.4 Å². The zero-order chi connectivity index (χ0) is 23.8. The molecule has 174 valence electrons. The van der Waals surface area contributed by atoms with Gasteiger partial charge in [-0.25, -0.2) is 0 Å². The average Bonchev–Trinajstić information content (AvgIpc) is 2.92. The molecule has 0 unspecified atom stereocenters. The molecule has 4 aromatic carbocycles. The molecular weight excluding hydrogens is 455 g/mol. The van der Waals surface area contributed by atoms with Crippen LogP contribution in [0.4, 0.5) is 0 Å². The standard InChI is InChI=1S/C19H18P.C12H15ClO/c1-20(17-11-5-2-6-12-17,18-13-7-3-8-14-18)19-15-9-4-10-16-19;13-10-6-7-12(14)11(8-10)9-4-2-1-3-5-9/h2-16H,1H3;6-9,14H,1-5H2/q+1;/p-1. The van der Waals surface area contributed by atoms with Gasteiger partial charge in [0.25, 0.3) is 0 Å². The van der Waals surface area contributed by atoms with Crippen LogP contribution < -0.4 is 21.0 Å². The minimum atomic E-state index is -1.53. The van der Waals surface area contributed by atoms with E-state index in [1.165, 1.54) is 35.2 Å². The maximum atomic E-state index is 11.6. The molecule has 0 aliphatic heterocycles. The van der Waals surface area contributed by atoms with Crippen LogP contribution in [0, 0.1) is 0 Å². The molecule has 4 aromatic rings. The lowest BCUT2D eigenvalue weighted by molar-refractivity contribution is -0.269. The average molecular weight is 487 g/mol. The van der Waals surface area contributed by atoms with E-state index in [0.29, 0.717) is 10.9 Å². The molecule has 0 atom stereocenters. The van der Waals surface area contributed by atoms with Gasteiger partial charge in [0.1, 0.15) is 23.2 Å². The van der Waals surface area contributed by atoms with Crippen molar-refractivity contribution in [3.05, 3.63) is 120 Å². The Labute approximate surface area is 209 Å². The van der Waals surface area contributed by atoms with Crippen molar-refractivity contribution < 1.29 is 5.11 Å². The topological polar surface area (TPSA) is 23.1 Å². The summed E-state index contributed by atoms with van der Waals surface area (Å²) >= 11 is 5.90. The van der Waals surface area contributed by atoms with E-state index in [1.54, 1.807) is 12.1 Å². The van der Waals surface area contributed by atoms with E-state index >= 15 is 0 Å². The summed E-state index contributed by atoms with van der Waals surface area (Å²) in [4.78, 5) is 0. The Morgan fingerprint density at radius 1 is 0.647 bits per heavy atom. The fourth-order valence-electron chi connectivity index (χ4n) is 4.88. The van der Waals surface area contributed by atoms with Crippen molar-refractivity contribution in [2.75, 3.05) is 6.66 Å². The fourth-order valence-corrected chi connectivity index (χ4v) is 8.26. The van der Waals surface area contributed by atoms with E-state index < -0.39 is 7.26 Å². The predicted octanol–water partition coefficient (Wildman–Crippen LogP) is 7.07. The molecular formula is C31H32ClOP. The first-order valence-electron chi connectivity index (χ1n) is 12.1. The van der Waals surface area contributed by atoms with Gasteiger partial charge in [-0.1, -0.05) is 97.1 Å². The van der Waals surface area contributed by atoms with Gasteiger partial charge in [-0.15, -0.1) is 5.75 Å². The molecule has 0 saturated heterocycles. The van der Waals surface area contributed by atoms with Crippen molar-refractivity contribution in [2.45, 2.75) is 38.0 Å². The molecule has 1 aliphatic rings. The highest BCUT2D eigenvalue weighted by Crippen LogP contribution is 2.51. The molecule has 3 heteroatoms. The minimum absolute atomic E-state index is 0.154. The Morgan fingerprint density at radius 2 is 1.09 bits per heavy atom. The Balaban J connectivity index is 0.000000172. The van der Waals surface area contributed by atoms with Crippen LogP contribution in [0.15, 0.2) is 109 Å². The Hall–Kier alpha value is -2.60. The Kier molecular flexibility index (Phi) is 8.44. The lowest BCUT2D eigenvalue weighted by Gasteiger charge is -2.26. The lowest BCUT2D eigenvalue weighted by Crippen LogP contribution is -2.30. The summed E-state index contributed by atoms with van der Waals surface area (Å²) < 4.78 is 0. The lowest BCUT2D eigenvalue weighted by atomic mass is 9.84. The molecule has 1 saturated carbocycles. The smallest absolute Gasteiger partial charge is 0.109 e. The first-order chi connectivity index (χ1) is 16.6. The first kappa shape index (κ1) is 24.5. The second-order valence-corrected chi connectivity index (χ2v) is 13.0. The summed E-state index contributed by atoms with van der Waals surface area (Å²) in [6.07, 6.45) is 6.10. The number of hydrogen-bond donors (Lipinski definition) is 0. The summed E-state index contributed by atoms with van der Waals surface area (Å²) in [6.45, 7) is 2.41. The zero-order valence-electron chi connectivity index (χ0n) is 19.7. The van der Waals surface area contributed by atoms with Crippen molar-refractivity contribution >= 4 is 34.8 Å². The van der Waals surface area contributed by atoms with Crippen molar-refractivity contribution in [1.29, 1.82) is 0 Å². The van der Waals surface area contributed by atoms with Crippen LogP contribution >= 0.6 is 18.9 Å². The summed E-state index contributed by atoms with van der Waals surface area (Å²) in [5.41, 5.74) is 0.928. The Morgan fingerprint density at radius 3 is 1.53 bits per heavy atom. The summed E-state index contributed by atoms with van der Waals surface area (Å²) in [7, 11) is -1.53. The van der Waals surface area contributed by atoms with Gasteiger partial charge < -0.3 is 5.11 Å². The maximum absolute atomic E-state index is 11.6. The predicted molar refractivity (Wildman–Crippen MR) is 148 cm³/mol. The minimum Gasteiger partial charge on any atom is -0.872 e. The second-order valence-electron chi connectivity index (χ2n) is 9.03. The van der Waals surface area contributed by atoms with Crippen LogP contribution in [0.2, 0.25) is 5.02 Å². The number of halogens is 1. The van der Waals surface area contributed by atoms with Crippen LogP contribution in [0.3, 0.4) is 0 Å². The van der Waals surface area contributed by atoms with Crippen LogP contribution in [-0.4, -0.2) is 6.66 Å². The van der Waals surface area contributed by atoms with Crippen molar-refractivity contribution in [3.8, 4) is 5.75 Å². The van der Waals surface area contributed by atoms with E-state index in [-0.39, 0.29) is 5.75 Å². The molecule has 0 radical (unpaired) electrons. The molecule has 0 bridgehead atoms. The van der Waals surface area contributed by atoms with E-state index in [2.05, 4.69) is 97.7 Å². The third-order valence-corrected chi connectivity index (χ3v) is 11.1. The third-order valence-electron chi connectivity index (χ3n) is 6.83. The van der Waals surface area contributed by atoms with Gasteiger partial charge in [0, 0.05) is 5.02 Å². The van der Waals surface area contributed by atoms with Crippen LogP contribution in [0.5, 0.6) is 5.75 Å². The normalized spacial score (nSPS) is 14.2. The first-order valence-corrected chi connectivity index (χ1v) is 14.7. The van der Waals surface area contributed by atoms with Crippen molar-refractivity contribution in [1.82, 2.24) is 0 Å². The van der Waals surface area contributed by atoms with Crippen molar-refractivity contribution in [3.63, 3.8) is 0 Å². The molecule has 5 rings (SSSR count). The van der Waals surface area contributed by atoms with Gasteiger partial charge in [-0.05, 0) is 67.3 Å². The molecule has 1 nitrogen and oxygen atoms in total.